The Hall–Kier alpha value is -1.01. The van der Waals surface area contributed by atoms with Gasteiger partial charge in [0, 0.05) is 49.7 Å². The van der Waals surface area contributed by atoms with Gasteiger partial charge < -0.3 is 21.3 Å². The summed E-state index contributed by atoms with van der Waals surface area (Å²) >= 11 is 0. The third kappa shape index (κ3) is 12.7. The normalized spacial score (nSPS) is 13.2. The molecule has 0 saturated heterocycles. The zero-order chi connectivity index (χ0) is 16.8. The predicted octanol–water partition coefficient (Wildman–Crippen LogP) is 1.08. The van der Waals surface area contributed by atoms with E-state index < -0.39 is 0 Å². The Bertz CT molecular complexity index is 339. The number of hydrogen-bond acceptors (Lipinski definition) is 5. The number of likely N-dealkylation sites (N-methyl/N-ethyl adjacent to an activating group) is 2. The third-order valence-electron chi connectivity index (χ3n) is 3.16. The van der Waals surface area contributed by atoms with Gasteiger partial charge in [0.1, 0.15) is 0 Å². The van der Waals surface area contributed by atoms with Gasteiger partial charge in [-0.2, -0.15) is 0 Å². The molecule has 2 atom stereocenters. The van der Waals surface area contributed by atoms with Crippen molar-refractivity contribution in [2.75, 3.05) is 40.3 Å². The fourth-order valence-electron chi connectivity index (χ4n) is 2.07. The van der Waals surface area contributed by atoms with E-state index in [1.807, 2.05) is 46.1 Å². The molecule has 0 bridgehead atoms. The maximum Gasteiger partial charge on any atom is 0.0375 e. The van der Waals surface area contributed by atoms with Crippen LogP contribution in [0.1, 0.15) is 25.2 Å². The first kappa shape index (κ1) is 21.0. The molecule has 1 aromatic heterocycles. The molecule has 0 aliphatic heterocycles. The zero-order valence-corrected chi connectivity index (χ0v) is 15.2. The highest BCUT2D eigenvalue weighted by Crippen LogP contribution is 1.93. The van der Waals surface area contributed by atoms with Gasteiger partial charge in [0.2, 0.25) is 0 Å². The smallest absolute Gasteiger partial charge is 0.0375 e. The van der Waals surface area contributed by atoms with Gasteiger partial charge in [0.25, 0.3) is 0 Å². The fraction of sp³-hybridized carbons (Fsp3) is 0.706. The molecule has 1 heterocycles. The van der Waals surface area contributed by atoms with Crippen LogP contribution in [0.15, 0.2) is 18.2 Å². The zero-order valence-electron chi connectivity index (χ0n) is 15.2. The van der Waals surface area contributed by atoms with E-state index in [4.69, 9.17) is 0 Å². The van der Waals surface area contributed by atoms with E-state index >= 15 is 0 Å². The van der Waals surface area contributed by atoms with Crippen LogP contribution < -0.4 is 21.3 Å². The summed E-state index contributed by atoms with van der Waals surface area (Å²) in [6.07, 6.45) is 0. The second-order valence-corrected chi connectivity index (χ2v) is 5.75. The van der Waals surface area contributed by atoms with E-state index in [9.17, 15) is 0 Å². The lowest BCUT2D eigenvalue weighted by atomic mass is 10.3. The quantitative estimate of drug-likeness (QED) is 0.514. The van der Waals surface area contributed by atoms with Gasteiger partial charge >= 0.3 is 0 Å². The molecule has 0 unspecified atom stereocenters. The Morgan fingerprint density at radius 1 is 0.864 bits per heavy atom. The summed E-state index contributed by atoms with van der Waals surface area (Å²) in [5.41, 5.74) is 2.18. The van der Waals surface area contributed by atoms with Crippen LogP contribution >= 0.6 is 0 Å². The first-order chi connectivity index (χ1) is 10.5. The van der Waals surface area contributed by atoms with E-state index in [2.05, 4.69) is 40.1 Å². The van der Waals surface area contributed by atoms with Crippen molar-refractivity contribution in [3.8, 4) is 0 Å². The maximum atomic E-state index is 4.17. The molecular weight excluding hydrogens is 274 g/mol. The monoisotopic (exact) mass is 309 g/mol. The van der Waals surface area contributed by atoms with Crippen LogP contribution in [0.2, 0.25) is 0 Å². The Kier molecular flexibility index (Phi) is 13.0. The van der Waals surface area contributed by atoms with Crippen LogP contribution in [-0.4, -0.2) is 57.3 Å². The molecule has 4 N–H and O–H groups in total. The van der Waals surface area contributed by atoms with Crippen molar-refractivity contribution in [2.24, 2.45) is 0 Å². The first-order valence-electron chi connectivity index (χ1n) is 8.15. The second-order valence-electron chi connectivity index (χ2n) is 5.75. The lowest BCUT2D eigenvalue weighted by Gasteiger charge is -2.16. The van der Waals surface area contributed by atoms with Crippen molar-refractivity contribution in [1.82, 2.24) is 26.3 Å². The van der Waals surface area contributed by atoms with Gasteiger partial charge in [-0.15, -0.1) is 0 Å². The SMILES string of the molecule is CNC[C@H](C)NCCN[C@@H](C)CNC.Cc1cccc(C)n1. The number of nitrogens with zero attached hydrogens (tertiary/aromatic N) is 1. The Balaban J connectivity index is 0.000000461. The van der Waals surface area contributed by atoms with Crippen molar-refractivity contribution in [3.05, 3.63) is 29.6 Å². The van der Waals surface area contributed by atoms with Crippen molar-refractivity contribution < 1.29 is 0 Å². The minimum atomic E-state index is 0.543. The molecule has 1 rings (SSSR count). The summed E-state index contributed by atoms with van der Waals surface area (Å²) in [5, 5.41) is 13.2. The van der Waals surface area contributed by atoms with E-state index in [1.165, 1.54) is 0 Å². The van der Waals surface area contributed by atoms with Crippen molar-refractivity contribution in [1.29, 1.82) is 0 Å². The number of pyridine rings is 1. The highest BCUT2D eigenvalue weighted by atomic mass is 15.0. The lowest BCUT2D eigenvalue weighted by molar-refractivity contribution is 0.475. The van der Waals surface area contributed by atoms with Crippen LogP contribution in [-0.2, 0) is 0 Å². The molecule has 0 aliphatic carbocycles. The average molecular weight is 310 g/mol. The van der Waals surface area contributed by atoms with Crippen LogP contribution in [0.25, 0.3) is 0 Å². The van der Waals surface area contributed by atoms with Gasteiger partial charge in [-0.1, -0.05) is 6.07 Å². The van der Waals surface area contributed by atoms with Gasteiger partial charge in [-0.3, -0.25) is 4.98 Å². The highest BCUT2D eigenvalue weighted by molar-refractivity contribution is 5.07. The standard InChI is InChI=1S/C10H26N4.C7H9N/c1-9(7-11-3)13-5-6-14-10(2)8-12-4;1-6-4-3-5-7(2)8-6/h9-14H,5-8H2,1-4H3;3-5H,1-2H3/t9-,10-;/m0./s1. The third-order valence-corrected chi connectivity index (χ3v) is 3.16. The topological polar surface area (TPSA) is 61.0 Å². The fourth-order valence-corrected chi connectivity index (χ4v) is 2.07. The molecule has 0 saturated carbocycles. The highest BCUT2D eigenvalue weighted by Gasteiger charge is 2.00. The first-order valence-corrected chi connectivity index (χ1v) is 8.15. The molecule has 0 amide bonds. The second kappa shape index (κ2) is 13.6. The van der Waals surface area contributed by atoms with E-state index in [0.717, 1.165) is 37.6 Å². The minimum absolute atomic E-state index is 0.543. The van der Waals surface area contributed by atoms with Gasteiger partial charge in [-0.05, 0) is 53.9 Å². The molecule has 0 radical (unpaired) electrons. The average Bonchev–Trinajstić information content (AvgIpc) is 2.45. The van der Waals surface area contributed by atoms with Crippen LogP contribution in [0.4, 0.5) is 0 Å². The van der Waals surface area contributed by atoms with Crippen LogP contribution in [0, 0.1) is 13.8 Å². The molecule has 0 spiro atoms. The summed E-state index contributed by atoms with van der Waals surface area (Å²) in [5.74, 6) is 0. The number of nitrogens with one attached hydrogen (secondary N) is 4. The molecule has 128 valence electrons. The van der Waals surface area contributed by atoms with Crippen LogP contribution in [0.3, 0.4) is 0 Å². The van der Waals surface area contributed by atoms with E-state index in [1.54, 1.807) is 0 Å². The molecular formula is C17H35N5. The van der Waals surface area contributed by atoms with Gasteiger partial charge in [0.05, 0.1) is 0 Å². The lowest BCUT2D eigenvalue weighted by Crippen LogP contribution is -2.42. The molecule has 5 nitrogen and oxygen atoms in total. The summed E-state index contributed by atoms with van der Waals surface area (Å²) in [6.45, 7) is 12.5. The Morgan fingerprint density at radius 3 is 1.55 bits per heavy atom. The van der Waals surface area contributed by atoms with E-state index in [0.29, 0.717) is 12.1 Å². The molecule has 0 fully saturated rings. The molecule has 0 aromatic carbocycles. The summed E-state index contributed by atoms with van der Waals surface area (Å²) in [7, 11) is 3.96. The van der Waals surface area contributed by atoms with Gasteiger partial charge in [-0.25, -0.2) is 0 Å². The minimum Gasteiger partial charge on any atom is -0.318 e. The van der Waals surface area contributed by atoms with Gasteiger partial charge in [0.15, 0.2) is 0 Å². The number of aromatic nitrogens is 1. The van der Waals surface area contributed by atoms with Crippen molar-refractivity contribution >= 4 is 0 Å². The Labute approximate surface area is 136 Å². The van der Waals surface area contributed by atoms with Crippen LogP contribution in [0.5, 0.6) is 0 Å². The molecule has 22 heavy (non-hydrogen) atoms. The summed E-state index contributed by atoms with van der Waals surface area (Å²) < 4.78 is 0. The largest absolute Gasteiger partial charge is 0.318 e. The summed E-state index contributed by atoms with van der Waals surface area (Å²) in [6, 6.07) is 7.08. The molecule has 0 aliphatic rings. The van der Waals surface area contributed by atoms with Crippen molar-refractivity contribution in [3.63, 3.8) is 0 Å². The number of aryl methyl sites for hydroxylation is 2. The number of rotatable bonds is 9. The maximum absolute atomic E-state index is 4.17. The Morgan fingerprint density at radius 2 is 1.27 bits per heavy atom. The van der Waals surface area contributed by atoms with Crippen molar-refractivity contribution in [2.45, 2.75) is 39.8 Å². The van der Waals surface area contributed by atoms with E-state index in [-0.39, 0.29) is 0 Å². The number of hydrogen-bond donors (Lipinski definition) is 4. The molecule has 5 heteroatoms. The summed E-state index contributed by atoms with van der Waals surface area (Å²) in [4.78, 5) is 4.17. The molecule has 1 aromatic rings. The predicted molar refractivity (Wildman–Crippen MR) is 96.5 cm³/mol.